The zero-order valence-corrected chi connectivity index (χ0v) is 20.2. The molecule has 2 fully saturated rings. The predicted octanol–water partition coefficient (Wildman–Crippen LogP) is 3.76. The molecule has 2 unspecified atom stereocenters. The minimum absolute atomic E-state index is 0.186. The van der Waals surface area contributed by atoms with E-state index in [0.29, 0.717) is 12.1 Å². The molecule has 2 atom stereocenters. The third-order valence-corrected chi connectivity index (χ3v) is 7.15. The fourth-order valence-electron chi connectivity index (χ4n) is 4.96. The minimum atomic E-state index is -0.186. The maximum absolute atomic E-state index is 6.09. The number of guanidine groups is 2. The monoisotopic (exact) mass is 459 g/mol. The fraction of sp³-hybridized carbons (Fsp3) is 0.667. The molecular formula is C24H38ClN7. The van der Waals surface area contributed by atoms with Crippen LogP contribution in [-0.2, 0) is 0 Å². The van der Waals surface area contributed by atoms with Crippen LogP contribution in [-0.4, -0.2) is 61.9 Å². The molecule has 0 aromatic heterocycles. The van der Waals surface area contributed by atoms with Crippen LogP contribution in [0.1, 0.15) is 58.3 Å². The number of likely N-dealkylation sites (N-methyl/N-ethyl adjacent to an activating group) is 1. The molecule has 1 aromatic rings. The Hall–Kier alpha value is -1.83. The van der Waals surface area contributed by atoms with E-state index in [0.717, 1.165) is 35.7 Å². The van der Waals surface area contributed by atoms with Crippen LogP contribution in [0.2, 0.25) is 5.02 Å². The molecule has 2 heterocycles. The number of halogens is 1. The van der Waals surface area contributed by atoms with Gasteiger partial charge in [-0.3, -0.25) is 20.5 Å². The average Bonchev–Trinajstić information content (AvgIpc) is 3.12. The van der Waals surface area contributed by atoms with Gasteiger partial charge in [-0.1, -0.05) is 44.2 Å². The first kappa shape index (κ1) is 23.3. The Kier molecular flexibility index (Phi) is 8.27. The molecule has 1 aliphatic carbocycles. The molecule has 4 rings (SSSR count). The van der Waals surface area contributed by atoms with Crippen LogP contribution in [0.5, 0.6) is 0 Å². The van der Waals surface area contributed by atoms with Crippen LogP contribution >= 0.6 is 11.6 Å². The van der Waals surface area contributed by atoms with E-state index in [1.807, 2.05) is 31.3 Å². The summed E-state index contributed by atoms with van der Waals surface area (Å²) in [7, 11) is 2.02. The van der Waals surface area contributed by atoms with E-state index >= 15 is 0 Å². The number of hydrogen-bond donors (Lipinski definition) is 3. The molecule has 0 radical (unpaired) electrons. The van der Waals surface area contributed by atoms with E-state index in [1.54, 1.807) is 0 Å². The Bertz CT molecular complexity index is 786. The summed E-state index contributed by atoms with van der Waals surface area (Å²) in [5.74, 6) is 1.58. The first-order valence-electron chi connectivity index (χ1n) is 12.3. The van der Waals surface area contributed by atoms with Crippen molar-refractivity contribution >= 4 is 29.2 Å². The van der Waals surface area contributed by atoms with E-state index in [9.17, 15) is 0 Å². The second kappa shape index (κ2) is 11.3. The highest BCUT2D eigenvalue weighted by Crippen LogP contribution is 2.20. The molecule has 1 aromatic carbocycles. The standard InChI is InChI=1S/C24H38ClN7/c1-3-32-16-8-11-21(32)17-26-22-28-23(27-19-9-6-4-5-7-10-19)30-24(29-22)31(2)20-14-12-18(25)13-15-20/h12-15,19,21,23,27H,3-11,16-17H2,1-2H3,(H2,26,28,29,30). The number of nitrogens with one attached hydrogen (secondary N) is 3. The molecule has 0 amide bonds. The zero-order valence-electron chi connectivity index (χ0n) is 19.5. The number of benzene rings is 1. The van der Waals surface area contributed by atoms with Crippen LogP contribution in [0.4, 0.5) is 5.69 Å². The molecular weight excluding hydrogens is 422 g/mol. The van der Waals surface area contributed by atoms with E-state index < -0.39 is 0 Å². The molecule has 3 N–H and O–H groups in total. The number of likely N-dealkylation sites (tertiary alicyclic amines) is 1. The zero-order chi connectivity index (χ0) is 22.3. The topological polar surface area (TPSA) is 67.3 Å². The maximum atomic E-state index is 6.09. The highest BCUT2D eigenvalue weighted by atomic mass is 35.5. The summed E-state index contributed by atoms with van der Waals surface area (Å²) in [4.78, 5) is 14.5. The third kappa shape index (κ3) is 6.15. The van der Waals surface area contributed by atoms with E-state index in [-0.39, 0.29) is 6.29 Å². The second-order valence-electron chi connectivity index (χ2n) is 9.13. The fourth-order valence-corrected chi connectivity index (χ4v) is 5.09. The third-order valence-electron chi connectivity index (χ3n) is 6.90. The van der Waals surface area contributed by atoms with Crippen molar-refractivity contribution in [1.29, 1.82) is 0 Å². The van der Waals surface area contributed by atoms with Crippen LogP contribution < -0.4 is 20.9 Å². The van der Waals surface area contributed by atoms with Gasteiger partial charge in [0, 0.05) is 29.8 Å². The lowest BCUT2D eigenvalue weighted by Gasteiger charge is -2.33. The van der Waals surface area contributed by atoms with Crippen LogP contribution in [0.3, 0.4) is 0 Å². The number of aliphatic imine (C=N–C) groups is 2. The van der Waals surface area contributed by atoms with Crippen molar-refractivity contribution in [3.63, 3.8) is 0 Å². The first-order chi connectivity index (χ1) is 15.6. The molecule has 3 aliphatic rings. The summed E-state index contributed by atoms with van der Waals surface area (Å²) in [6.45, 7) is 5.32. The Morgan fingerprint density at radius 3 is 2.59 bits per heavy atom. The molecule has 8 heteroatoms. The highest BCUT2D eigenvalue weighted by molar-refractivity contribution is 6.30. The van der Waals surface area contributed by atoms with Crippen molar-refractivity contribution in [3.05, 3.63) is 29.3 Å². The van der Waals surface area contributed by atoms with Gasteiger partial charge in [0.05, 0.1) is 6.54 Å². The normalized spacial score (nSPS) is 26.3. The van der Waals surface area contributed by atoms with Gasteiger partial charge in [-0.25, -0.2) is 4.99 Å². The number of anilines is 1. The van der Waals surface area contributed by atoms with Gasteiger partial charge in [0.1, 0.15) is 0 Å². The molecule has 1 saturated carbocycles. The predicted molar refractivity (Wildman–Crippen MR) is 135 cm³/mol. The van der Waals surface area contributed by atoms with Crippen LogP contribution in [0.25, 0.3) is 0 Å². The lowest BCUT2D eigenvalue weighted by Crippen LogP contribution is -2.60. The molecule has 32 heavy (non-hydrogen) atoms. The Balaban J connectivity index is 1.50. The lowest BCUT2D eigenvalue weighted by atomic mass is 10.1. The summed E-state index contributed by atoms with van der Waals surface area (Å²) in [5.41, 5.74) is 1.03. The SMILES string of the molecule is CCN1CCCC1CN=C1NC(N(C)c2ccc(Cl)cc2)=NC(NC2CCCCCC2)N1. The summed E-state index contributed by atoms with van der Waals surface area (Å²) in [6.07, 6.45) is 9.99. The van der Waals surface area contributed by atoms with Crippen molar-refractivity contribution in [2.75, 3.05) is 31.6 Å². The molecule has 0 bridgehead atoms. The number of nitrogens with zero attached hydrogens (tertiary/aromatic N) is 4. The summed E-state index contributed by atoms with van der Waals surface area (Å²) < 4.78 is 0. The summed E-state index contributed by atoms with van der Waals surface area (Å²) >= 11 is 6.09. The smallest absolute Gasteiger partial charge is 0.208 e. The van der Waals surface area contributed by atoms with E-state index in [2.05, 4.69) is 32.7 Å². The Morgan fingerprint density at radius 2 is 1.88 bits per heavy atom. The maximum Gasteiger partial charge on any atom is 0.208 e. The van der Waals surface area contributed by atoms with Crippen molar-refractivity contribution < 1.29 is 0 Å². The highest BCUT2D eigenvalue weighted by Gasteiger charge is 2.26. The van der Waals surface area contributed by atoms with Gasteiger partial charge < -0.3 is 10.2 Å². The van der Waals surface area contributed by atoms with Gasteiger partial charge in [-0.15, -0.1) is 0 Å². The molecule has 0 spiro atoms. The summed E-state index contributed by atoms with van der Waals surface area (Å²) in [6, 6.07) is 8.86. The Labute approximate surface area is 197 Å². The average molecular weight is 460 g/mol. The van der Waals surface area contributed by atoms with Crippen molar-refractivity contribution in [2.45, 2.75) is 76.7 Å². The van der Waals surface area contributed by atoms with Gasteiger partial charge in [0.15, 0.2) is 6.29 Å². The van der Waals surface area contributed by atoms with Crippen LogP contribution in [0.15, 0.2) is 34.3 Å². The quantitative estimate of drug-likeness (QED) is 0.565. The lowest BCUT2D eigenvalue weighted by molar-refractivity contribution is 0.272. The van der Waals surface area contributed by atoms with Crippen molar-refractivity contribution in [3.8, 4) is 0 Å². The van der Waals surface area contributed by atoms with E-state index in [1.165, 1.54) is 57.9 Å². The largest absolute Gasteiger partial charge is 0.322 e. The van der Waals surface area contributed by atoms with E-state index in [4.69, 9.17) is 21.6 Å². The number of rotatable bonds is 6. The molecule has 1 saturated heterocycles. The van der Waals surface area contributed by atoms with Crippen molar-refractivity contribution in [1.82, 2.24) is 20.9 Å². The molecule has 176 valence electrons. The van der Waals surface area contributed by atoms with Crippen LogP contribution in [0, 0.1) is 0 Å². The molecule has 7 nitrogen and oxygen atoms in total. The first-order valence-corrected chi connectivity index (χ1v) is 12.7. The van der Waals surface area contributed by atoms with Crippen molar-refractivity contribution in [2.24, 2.45) is 9.98 Å². The van der Waals surface area contributed by atoms with Gasteiger partial charge in [0.25, 0.3) is 0 Å². The van der Waals surface area contributed by atoms with Gasteiger partial charge in [0.2, 0.25) is 11.9 Å². The molecule has 2 aliphatic heterocycles. The van der Waals surface area contributed by atoms with Gasteiger partial charge >= 0.3 is 0 Å². The Morgan fingerprint density at radius 1 is 1.12 bits per heavy atom. The second-order valence-corrected chi connectivity index (χ2v) is 9.57. The summed E-state index contributed by atoms with van der Waals surface area (Å²) in [5, 5.41) is 11.4. The van der Waals surface area contributed by atoms with Gasteiger partial charge in [-0.2, -0.15) is 0 Å². The minimum Gasteiger partial charge on any atom is -0.322 e. The number of hydrogen-bond acceptors (Lipinski definition) is 5. The van der Waals surface area contributed by atoms with Gasteiger partial charge in [-0.05, 0) is 63.0 Å².